The fourth-order valence-corrected chi connectivity index (χ4v) is 4.90. The van der Waals surface area contributed by atoms with Crippen LogP contribution >= 0.6 is 0 Å². The molecule has 0 spiro atoms. The van der Waals surface area contributed by atoms with E-state index in [0.29, 0.717) is 18.7 Å². The van der Waals surface area contributed by atoms with E-state index in [-0.39, 0.29) is 17.7 Å². The monoisotopic (exact) mass is 425 g/mol. The summed E-state index contributed by atoms with van der Waals surface area (Å²) in [6, 6.07) is 1.88. The van der Waals surface area contributed by atoms with Gasteiger partial charge in [0.05, 0.1) is 5.56 Å². The van der Waals surface area contributed by atoms with E-state index < -0.39 is 0 Å². The molecule has 1 saturated heterocycles. The number of rotatable bonds is 5. The zero-order valence-corrected chi connectivity index (χ0v) is 19.2. The van der Waals surface area contributed by atoms with Crippen LogP contribution in [0.5, 0.6) is 0 Å². The topological polar surface area (TPSA) is 71.3 Å². The Morgan fingerprint density at radius 3 is 2.65 bits per heavy atom. The van der Waals surface area contributed by atoms with Gasteiger partial charge in [0.2, 0.25) is 5.91 Å². The number of hydrogen-bond acceptors (Lipinski definition) is 4. The Hall–Kier alpha value is -2.44. The molecule has 7 heteroatoms. The number of nitrogens with zero attached hydrogens (tertiary/aromatic N) is 5. The summed E-state index contributed by atoms with van der Waals surface area (Å²) in [6.07, 6.45) is 8.01. The van der Waals surface area contributed by atoms with Crippen LogP contribution in [0.4, 0.5) is 0 Å². The number of likely N-dealkylation sites (tertiary alicyclic amines) is 1. The highest BCUT2D eigenvalue weighted by Crippen LogP contribution is 2.27. The Kier molecular flexibility index (Phi) is 6.58. The standard InChI is InChI=1S/C24H35N5O2/c1-4-5-12-27(3)23(30)18-10-14-28(15-11-18)24(31)19-16-17(2)25-22-21(19)26-20-9-7-6-8-13-29(20)22/h16,18H,4-15H2,1-3H3. The van der Waals surface area contributed by atoms with Crippen molar-refractivity contribution in [1.29, 1.82) is 0 Å². The molecule has 2 aliphatic heterocycles. The van der Waals surface area contributed by atoms with Gasteiger partial charge in [-0.1, -0.05) is 19.8 Å². The number of carbonyl (C=O) groups is 2. The first-order valence-corrected chi connectivity index (χ1v) is 11.9. The van der Waals surface area contributed by atoms with E-state index in [4.69, 9.17) is 9.97 Å². The molecule has 4 heterocycles. The number of aryl methyl sites for hydroxylation is 3. The number of fused-ring (bicyclic) bond motifs is 3. The van der Waals surface area contributed by atoms with Crippen LogP contribution in [0.3, 0.4) is 0 Å². The average molecular weight is 426 g/mol. The van der Waals surface area contributed by atoms with Gasteiger partial charge in [-0.2, -0.15) is 0 Å². The number of piperidine rings is 1. The second kappa shape index (κ2) is 9.37. The predicted molar refractivity (Wildman–Crippen MR) is 121 cm³/mol. The maximum Gasteiger partial charge on any atom is 0.256 e. The molecule has 0 atom stereocenters. The second-order valence-electron chi connectivity index (χ2n) is 9.15. The second-order valence-corrected chi connectivity index (χ2v) is 9.15. The molecule has 2 amide bonds. The Morgan fingerprint density at radius 2 is 1.90 bits per heavy atom. The van der Waals surface area contributed by atoms with Crippen LogP contribution in [-0.4, -0.2) is 62.8 Å². The summed E-state index contributed by atoms with van der Waals surface area (Å²) >= 11 is 0. The summed E-state index contributed by atoms with van der Waals surface area (Å²) in [6.45, 7) is 7.06. The molecular formula is C24H35N5O2. The molecule has 0 bridgehead atoms. The van der Waals surface area contributed by atoms with Gasteiger partial charge in [-0.3, -0.25) is 9.59 Å². The molecule has 4 rings (SSSR count). The maximum absolute atomic E-state index is 13.5. The lowest BCUT2D eigenvalue weighted by Crippen LogP contribution is -2.43. The molecular weight excluding hydrogens is 390 g/mol. The van der Waals surface area contributed by atoms with Crippen molar-refractivity contribution in [2.45, 2.75) is 71.8 Å². The normalized spacial score (nSPS) is 17.5. The summed E-state index contributed by atoms with van der Waals surface area (Å²) in [7, 11) is 1.90. The van der Waals surface area contributed by atoms with E-state index in [1.165, 1.54) is 6.42 Å². The minimum absolute atomic E-state index is 0.0220. The lowest BCUT2D eigenvalue weighted by atomic mass is 9.94. The highest BCUT2D eigenvalue weighted by atomic mass is 16.2. The van der Waals surface area contributed by atoms with Crippen LogP contribution < -0.4 is 0 Å². The highest BCUT2D eigenvalue weighted by Gasteiger charge is 2.31. The number of unbranched alkanes of at least 4 members (excludes halogenated alkanes) is 1. The molecule has 0 N–H and O–H groups in total. The van der Waals surface area contributed by atoms with E-state index in [0.717, 1.165) is 80.7 Å². The van der Waals surface area contributed by atoms with Crippen molar-refractivity contribution in [1.82, 2.24) is 24.3 Å². The summed E-state index contributed by atoms with van der Waals surface area (Å²) in [5.74, 6) is 1.32. The van der Waals surface area contributed by atoms with E-state index in [1.807, 2.05) is 29.8 Å². The minimum atomic E-state index is 0.0220. The first-order chi connectivity index (χ1) is 15.0. The average Bonchev–Trinajstić information content (AvgIpc) is 2.96. The van der Waals surface area contributed by atoms with Crippen LogP contribution in [0.2, 0.25) is 0 Å². The van der Waals surface area contributed by atoms with Crippen LogP contribution in [0, 0.1) is 12.8 Å². The molecule has 2 aromatic rings. The van der Waals surface area contributed by atoms with Crippen LogP contribution in [0.25, 0.3) is 11.2 Å². The fourth-order valence-electron chi connectivity index (χ4n) is 4.90. The van der Waals surface area contributed by atoms with Gasteiger partial charge >= 0.3 is 0 Å². The minimum Gasteiger partial charge on any atom is -0.346 e. The third kappa shape index (κ3) is 4.46. The predicted octanol–water partition coefficient (Wildman–Crippen LogP) is 3.58. The van der Waals surface area contributed by atoms with E-state index in [1.54, 1.807) is 0 Å². The maximum atomic E-state index is 13.5. The Morgan fingerprint density at radius 1 is 1.13 bits per heavy atom. The largest absolute Gasteiger partial charge is 0.346 e. The van der Waals surface area contributed by atoms with Gasteiger partial charge in [0.25, 0.3) is 5.91 Å². The SMILES string of the molecule is CCCCN(C)C(=O)C1CCN(C(=O)c2cc(C)nc3c2nc2n3CCCCC2)CC1. The van der Waals surface area contributed by atoms with Crippen molar-refractivity contribution in [2.24, 2.45) is 5.92 Å². The van der Waals surface area contributed by atoms with Crippen LogP contribution in [0.15, 0.2) is 6.07 Å². The lowest BCUT2D eigenvalue weighted by molar-refractivity contribution is -0.135. The molecule has 0 radical (unpaired) electrons. The van der Waals surface area contributed by atoms with E-state index in [9.17, 15) is 9.59 Å². The fraction of sp³-hybridized carbons (Fsp3) is 0.667. The molecule has 0 aliphatic carbocycles. The van der Waals surface area contributed by atoms with Gasteiger partial charge in [0.15, 0.2) is 5.65 Å². The van der Waals surface area contributed by atoms with Gasteiger partial charge in [-0.05, 0) is 45.1 Å². The van der Waals surface area contributed by atoms with Gasteiger partial charge in [-0.25, -0.2) is 9.97 Å². The number of pyridine rings is 1. The quantitative estimate of drug-likeness (QED) is 0.734. The highest BCUT2D eigenvalue weighted by molar-refractivity contribution is 6.04. The number of aromatic nitrogens is 3. The Bertz CT molecular complexity index is 959. The van der Waals surface area contributed by atoms with Crippen molar-refractivity contribution in [3.63, 3.8) is 0 Å². The van der Waals surface area contributed by atoms with E-state index in [2.05, 4.69) is 11.5 Å². The first-order valence-electron chi connectivity index (χ1n) is 11.9. The number of hydrogen-bond donors (Lipinski definition) is 0. The molecule has 0 unspecified atom stereocenters. The molecule has 31 heavy (non-hydrogen) atoms. The third-order valence-corrected chi connectivity index (χ3v) is 6.78. The zero-order chi connectivity index (χ0) is 22.0. The molecule has 2 aliphatic rings. The Labute approximate surface area is 184 Å². The van der Waals surface area contributed by atoms with E-state index >= 15 is 0 Å². The lowest BCUT2D eigenvalue weighted by Gasteiger charge is -2.33. The molecule has 1 fully saturated rings. The molecule has 2 aromatic heterocycles. The summed E-state index contributed by atoms with van der Waals surface area (Å²) in [5, 5.41) is 0. The smallest absolute Gasteiger partial charge is 0.256 e. The van der Waals surface area contributed by atoms with Crippen molar-refractivity contribution in [3.05, 3.63) is 23.1 Å². The van der Waals surface area contributed by atoms with Gasteiger partial charge < -0.3 is 14.4 Å². The van der Waals surface area contributed by atoms with Crippen molar-refractivity contribution in [3.8, 4) is 0 Å². The number of imidazole rings is 1. The van der Waals surface area contributed by atoms with Gasteiger partial charge in [0.1, 0.15) is 11.3 Å². The summed E-state index contributed by atoms with van der Waals surface area (Å²) < 4.78 is 2.21. The third-order valence-electron chi connectivity index (χ3n) is 6.78. The first kappa shape index (κ1) is 21.8. The summed E-state index contributed by atoms with van der Waals surface area (Å²) in [4.78, 5) is 39.5. The van der Waals surface area contributed by atoms with Gasteiger partial charge in [0, 0.05) is 51.3 Å². The van der Waals surface area contributed by atoms with Crippen LogP contribution in [-0.2, 0) is 17.8 Å². The van der Waals surface area contributed by atoms with Crippen LogP contribution in [0.1, 0.15) is 73.7 Å². The van der Waals surface area contributed by atoms with Crippen molar-refractivity contribution < 1.29 is 9.59 Å². The zero-order valence-electron chi connectivity index (χ0n) is 19.2. The molecule has 7 nitrogen and oxygen atoms in total. The number of amides is 2. The van der Waals surface area contributed by atoms with Gasteiger partial charge in [-0.15, -0.1) is 0 Å². The van der Waals surface area contributed by atoms with Crippen molar-refractivity contribution in [2.75, 3.05) is 26.7 Å². The Balaban J connectivity index is 1.50. The molecule has 0 aromatic carbocycles. The van der Waals surface area contributed by atoms with Crippen molar-refractivity contribution >= 4 is 23.0 Å². The molecule has 168 valence electrons. The summed E-state index contributed by atoms with van der Waals surface area (Å²) in [5.41, 5.74) is 3.10. The molecule has 0 saturated carbocycles. The number of carbonyl (C=O) groups excluding carboxylic acids is 2.